The molecule has 4 rings (SSSR count). The van der Waals surface area contributed by atoms with Crippen molar-refractivity contribution in [3.05, 3.63) is 48.8 Å². The normalized spacial score (nSPS) is 14.7. The molecule has 2 heterocycles. The van der Waals surface area contributed by atoms with Crippen LogP contribution in [0.25, 0.3) is 0 Å². The lowest BCUT2D eigenvalue weighted by Crippen LogP contribution is -2.48. The lowest BCUT2D eigenvalue weighted by molar-refractivity contribution is 0.209. The number of sulfone groups is 1. The van der Waals surface area contributed by atoms with Gasteiger partial charge in [0, 0.05) is 44.0 Å². The third-order valence-electron chi connectivity index (χ3n) is 6.47. The molecule has 0 aliphatic carbocycles. The highest BCUT2D eigenvalue weighted by Crippen LogP contribution is 2.32. The van der Waals surface area contributed by atoms with Gasteiger partial charge in [0.15, 0.2) is 9.84 Å². The van der Waals surface area contributed by atoms with Crippen molar-refractivity contribution in [2.24, 2.45) is 0 Å². The number of aromatic nitrogens is 3. The van der Waals surface area contributed by atoms with E-state index in [0.717, 1.165) is 31.9 Å². The molecular weight excluding hydrogens is 490 g/mol. The SMILES string of the molecule is COc1cc(N2CCN(C(C)C)CC2)ccc1Nc1ncnc(Nc2ccccc2S(=O)(=O)C(C)C)n1. The van der Waals surface area contributed by atoms with Crippen LogP contribution >= 0.6 is 0 Å². The van der Waals surface area contributed by atoms with E-state index in [0.29, 0.717) is 29.1 Å². The molecule has 3 aromatic rings. The molecule has 1 saturated heterocycles. The average Bonchev–Trinajstić information content (AvgIpc) is 2.89. The maximum Gasteiger partial charge on any atom is 0.232 e. The first kappa shape index (κ1) is 26.6. The Balaban J connectivity index is 1.51. The molecule has 0 spiro atoms. The highest BCUT2D eigenvalue weighted by Gasteiger charge is 2.23. The minimum Gasteiger partial charge on any atom is -0.494 e. The maximum atomic E-state index is 12.8. The Morgan fingerprint density at radius 2 is 1.54 bits per heavy atom. The van der Waals surface area contributed by atoms with Gasteiger partial charge in [-0.1, -0.05) is 12.1 Å². The third-order valence-corrected chi connectivity index (χ3v) is 8.68. The molecule has 11 heteroatoms. The highest BCUT2D eigenvalue weighted by molar-refractivity contribution is 7.92. The van der Waals surface area contributed by atoms with Crippen molar-refractivity contribution in [2.45, 2.75) is 43.9 Å². The van der Waals surface area contributed by atoms with E-state index in [1.54, 1.807) is 45.2 Å². The van der Waals surface area contributed by atoms with Gasteiger partial charge in [-0.3, -0.25) is 4.90 Å². The van der Waals surface area contributed by atoms with Gasteiger partial charge in [-0.05, 0) is 52.0 Å². The number of nitrogens with zero attached hydrogens (tertiary/aromatic N) is 5. The first-order chi connectivity index (χ1) is 17.7. The fourth-order valence-corrected chi connectivity index (χ4v) is 5.41. The number of rotatable bonds is 9. The van der Waals surface area contributed by atoms with Crippen LogP contribution in [0.1, 0.15) is 27.7 Å². The van der Waals surface area contributed by atoms with Crippen LogP contribution < -0.4 is 20.3 Å². The number of nitrogens with one attached hydrogen (secondary N) is 2. The molecule has 198 valence electrons. The van der Waals surface area contributed by atoms with Crippen molar-refractivity contribution < 1.29 is 13.2 Å². The third kappa shape index (κ3) is 6.11. The van der Waals surface area contributed by atoms with Crippen LogP contribution in [0.3, 0.4) is 0 Å². The van der Waals surface area contributed by atoms with Crippen molar-refractivity contribution in [3.63, 3.8) is 0 Å². The van der Waals surface area contributed by atoms with Crippen molar-refractivity contribution in [2.75, 3.05) is 48.8 Å². The lowest BCUT2D eigenvalue weighted by Gasteiger charge is -2.38. The summed E-state index contributed by atoms with van der Waals surface area (Å²) in [6.07, 6.45) is 1.37. The topological polar surface area (TPSA) is 113 Å². The van der Waals surface area contributed by atoms with E-state index in [2.05, 4.69) is 55.3 Å². The van der Waals surface area contributed by atoms with Crippen LogP contribution in [0, 0.1) is 0 Å². The Hall–Kier alpha value is -3.44. The molecule has 1 aromatic heterocycles. The Morgan fingerprint density at radius 1 is 0.892 bits per heavy atom. The number of ether oxygens (including phenoxy) is 1. The molecule has 0 saturated carbocycles. The van der Waals surface area contributed by atoms with E-state index < -0.39 is 15.1 Å². The number of para-hydroxylation sites is 1. The molecule has 1 fully saturated rings. The quantitative estimate of drug-likeness (QED) is 0.424. The summed E-state index contributed by atoms with van der Waals surface area (Å²) >= 11 is 0. The largest absolute Gasteiger partial charge is 0.494 e. The second kappa shape index (κ2) is 11.3. The van der Waals surface area contributed by atoms with Gasteiger partial charge in [0.2, 0.25) is 11.9 Å². The number of benzene rings is 2. The Kier molecular flexibility index (Phi) is 8.13. The molecule has 37 heavy (non-hydrogen) atoms. The lowest BCUT2D eigenvalue weighted by atomic mass is 10.2. The van der Waals surface area contributed by atoms with Crippen LogP contribution in [0.4, 0.5) is 29.0 Å². The molecule has 2 aromatic carbocycles. The summed E-state index contributed by atoms with van der Waals surface area (Å²) < 4.78 is 31.2. The predicted octanol–water partition coefficient (Wildman–Crippen LogP) is 4.08. The van der Waals surface area contributed by atoms with Gasteiger partial charge < -0.3 is 20.3 Å². The van der Waals surface area contributed by atoms with E-state index >= 15 is 0 Å². The predicted molar refractivity (Wildman–Crippen MR) is 147 cm³/mol. The van der Waals surface area contributed by atoms with E-state index in [9.17, 15) is 8.42 Å². The van der Waals surface area contributed by atoms with Gasteiger partial charge in [-0.25, -0.2) is 18.4 Å². The summed E-state index contributed by atoms with van der Waals surface area (Å²) in [5, 5.41) is 5.67. The Labute approximate surface area is 219 Å². The highest BCUT2D eigenvalue weighted by atomic mass is 32.2. The Morgan fingerprint density at radius 3 is 2.16 bits per heavy atom. The van der Waals surface area contributed by atoms with E-state index in [1.165, 1.54) is 6.33 Å². The number of methoxy groups -OCH3 is 1. The molecule has 10 nitrogen and oxygen atoms in total. The number of hydrogen-bond acceptors (Lipinski definition) is 10. The maximum absolute atomic E-state index is 12.8. The molecule has 1 aliphatic heterocycles. The monoisotopic (exact) mass is 525 g/mol. The van der Waals surface area contributed by atoms with Crippen LogP contribution in [-0.2, 0) is 9.84 Å². The molecule has 2 N–H and O–H groups in total. The second-order valence-corrected chi connectivity index (χ2v) is 11.9. The Bertz CT molecular complexity index is 1320. The fourth-order valence-electron chi connectivity index (χ4n) is 4.21. The number of piperazine rings is 1. The average molecular weight is 526 g/mol. The number of anilines is 5. The van der Waals surface area contributed by atoms with E-state index in [-0.39, 0.29) is 10.8 Å². The molecule has 1 aliphatic rings. The van der Waals surface area contributed by atoms with Gasteiger partial charge >= 0.3 is 0 Å². The molecule has 0 unspecified atom stereocenters. The van der Waals surface area contributed by atoms with Crippen molar-refractivity contribution in [1.29, 1.82) is 0 Å². The standard InChI is InChI=1S/C26H35N7O3S/c1-18(2)32-12-14-33(15-13-32)20-10-11-21(23(16-20)36-5)29-25-27-17-28-26(31-25)30-22-8-6-7-9-24(22)37(34,35)19(3)4/h6-11,16-19H,12-15H2,1-5H3,(H2,27,28,29,30,31). The zero-order valence-electron chi connectivity index (χ0n) is 22.0. The van der Waals surface area contributed by atoms with Crippen LogP contribution in [-0.4, -0.2) is 72.9 Å². The van der Waals surface area contributed by atoms with Crippen molar-refractivity contribution >= 4 is 38.8 Å². The van der Waals surface area contributed by atoms with Gasteiger partial charge in [0.1, 0.15) is 12.1 Å². The minimum absolute atomic E-state index is 0.200. The van der Waals surface area contributed by atoms with Crippen molar-refractivity contribution in [1.82, 2.24) is 19.9 Å². The van der Waals surface area contributed by atoms with Gasteiger partial charge in [-0.2, -0.15) is 4.98 Å². The molecular formula is C26H35N7O3S. The summed E-state index contributed by atoms with van der Waals surface area (Å²) in [4.78, 5) is 17.9. The zero-order valence-corrected chi connectivity index (χ0v) is 22.8. The number of hydrogen-bond donors (Lipinski definition) is 2. The second-order valence-electron chi connectivity index (χ2n) is 9.47. The first-order valence-electron chi connectivity index (χ1n) is 12.4. The van der Waals surface area contributed by atoms with Gasteiger partial charge in [0.05, 0.1) is 28.6 Å². The smallest absolute Gasteiger partial charge is 0.232 e. The van der Waals surface area contributed by atoms with Crippen LogP contribution in [0.5, 0.6) is 5.75 Å². The summed E-state index contributed by atoms with van der Waals surface area (Å²) in [5.41, 5.74) is 2.23. The molecule has 0 bridgehead atoms. The summed E-state index contributed by atoms with van der Waals surface area (Å²) in [6, 6.07) is 13.3. The molecule has 0 radical (unpaired) electrons. The van der Waals surface area contributed by atoms with E-state index in [1.807, 2.05) is 12.1 Å². The van der Waals surface area contributed by atoms with Crippen LogP contribution in [0.2, 0.25) is 0 Å². The first-order valence-corrected chi connectivity index (χ1v) is 14.0. The zero-order chi connectivity index (χ0) is 26.6. The molecule has 0 amide bonds. The summed E-state index contributed by atoms with van der Waals surface area (Å²) in [6.45, 7) is 11.8. The fraction of sp³-hybridized carbons (Fsp3) is 0.423. The minimum atomic E-state index is -3.49. The molecule has 0 atom stereocenters. The summed E-state index contributed by atoms with van der Waals surface area (Å²) in [7, 11) is -1.86. The van der Waals surface area contributed by atoms with E-state index in [4.69, 9.17) is 4.74 Å². The van der Waals surface area contributed by atoms with Gasteiger partial charge in [0.25, 0.3) is 0 Å². The summed E-state index contributed by atoms with van der Waals surface area (Å²) in [5.74, 6) is 1.20. The van der Waals surface area contributed by atoms with Crippen LogP contribution in [0.15, 0.2) is 53.7 Å². The van der Waals surface area contributed by atoms with Gasteiger partial charge in [-0.15, -0.1) is 0 Å². The van der Waals surface area contributed by atoms with Crippen molar-refractivity contribution in [3.8, 4) is 5.75 Å².